The SMILES string of the molecule is O=C1C[C@H]2[C@H](CCN2C(=O)c2ccsc2)N1. The first-order chi connectivity index (χ1) is 7.75. The van der Waals surface area contributed by atoms with Crippen LogP contribution >= 0.6 is 11.3 Å². The van der Waals surface area contributed by atoms with Crippen molar-refractivity contribution in [3.63, 3.8) is 0 Å². The maximum absolute atomic E-state index is 12.2. The average Bonchev–Trinajstić information content (AvgIpc) is 2.90. The van der Waals surface area contributed by atoms with Gasteiger partial charge in [-0.25, -0.2) is 0 Å². The van der Waals surface area contributed by atoms with Gasteiger partial charge in [0.05, 0.1) is 17.6 Å². The van der Waals surface area contributed by atoms with Crippen molar-refractivity contribution in [2.24, 2.45) is 0 Å². The molecule has 5 heteroatoms. The first-order valence-corrected chi connectivity index (χ1v) is 6.32. The van der Waals surface area contributed by atoms with Crippen LogP contribution in [0.2, 0.25) is 0 Å². The lowest BCUT2D eigenvalue weighted by atomic mass is 10.1. The summed E-state index contributed by atoms with van der Waals surface area (Å²) < 4.78 is 0. The summed E-state index contributed by atoms with van der Waals surface area (Å²) in [5.41, 5.74) is 0.741. The number of rotatable bonds is 1. The molecule has 0 unspecified atom stereocenters. The predicted octanol–water partition coefficient (Wildman–Crippen LogP) is 0.851. The second kappa shape index (κ2) is 3.59. The molecule has 0 aromatic carbocycles. The number of hydrogen-bond acceptors (Lipinski definition) is 3. The highest BCUT2D eigenvalue weighted by atomic mass is 32.1. The van der Waals surface area contributed by atoms with Crippen LogP contribution in [-0.2, 0) is 4.79 Å². The van der Waals surface area contributed by atoms with Crippen molar-refractivity contribution in [3.05, 3.63) is 22.4 Å². The van der Waals surface area contributed by atoms with Crippen molar-refractivity contribution in [3.8, 4) is 0 Å². The summed E-state index contributed by atoms with van der Waals surface area (Å²) in [7, 11) is 0. The van der Waals surface area contributed by atoms with Gasteiger partial charge < -0.3 is 10.2 Å². The molecule has 3 heterocycles. The molecule has 0 aliphatic carbocycles. The number of carbonyl (C=O) groups is 2. The Morgan fingerprint density at radius 1 is 1.56 bits per heavy atom. The van der Waals surface area contributed by atoms with E-state index in [2.05, 4.69) is 5.32 Å². The summed E-state index contributed by atoms with van der Waals surface area (Å²) in [5, 5.41) is 6.68. The molecule has 1 aromatic rings. The second-order valence-corrected chi connectivity index (χ2v) is 5.02. The third-order valence-electron chi connectivity index (χ3n) is 3.32. The minimum Gasteiger partial charge on any atom is -0.351 e. The number of fused-ring (bicyclic) bond motifs is 1. The third-order valence-corrected chi connectivity index (χ3v) is 4.00. The average molecular weight is 236 g/mol. The van der Waals surface area contributed by atoms with E-state index >= 15 is 0 Å². The predicted molar refractivity (Wildman–Crippen MR) is 60.3 cm³/mol. The summed E-state index contributed by atoms with van der Waals surface area (Å²) in [6, 6.07) is 2.08. The van der Waals surface area contributed by atoms with Crippen LogP contribution in [0.5, 0.6) is 0 Å². The molecule has 2 saturated heterocycles. The number of carbonyl (C=O) groups excluding carboxylic acids is 2. The topological polar surface area (TPSA) is 49.4 Å². The minimum atomic E-state index is 0.0604. The van der Waals surface area contributed by atoms with E-state index in [1.165, 1.54) is 11.3 Å². The molecular formula is C11H12N2O2S. The largest absolute Gasteiger partial charge is 0.351 e. The van der Waals surface area contributed by atoms with Crippen LogP contribution in [0.25, 0.3) is 0 Å². The Labute approximate surface area is 97.2 Å². The Morgan fingerprint density at radius 3 is 3.19 bits per heavy atom. The molecule has 84 valence electrons. The van der Waals surface area contributed by atoms with E-state index < -0.39 is 0 Å². The zero-order chi connectivity index (χ0) is 11.1. The molecule has 3 rings (SSSR count). The van der Waals surface area contributed by atoms with Crippen LogP contribution in [0.3, 0.4) is 0 Å². The van der Waals surface area contributed by atoms with Crippen molar-refractivity contribution in [2.75, 3.05) is 6.54 Å². The van der Waals surface area contributed by atoms with Crippen LogP contribution in [0.15, 0.2) is 16.8 Å². The highest BCUT2D eigenvalue weighted by Gasteiger charge is 2.43. The summed E-state index contributed by atoms with van der Waals surface area (Å²) in [4.78, 5) is 25.3. The van der Waals surface area contributed by atoms with Gasteiger partial charge in [0.25, 0.3) is 5.91 Å². The molecule has 0 bridgehead atoms. The fourth-order valence-electron chi connectivity index (χ4n) is 2.53. The van der Waals surface area contributed by atoms with Crippen LogP contribution < -0.4 is 5.32 Å². The van der Waals surface area contributed by atoms with Gasteiger partial charge in [0.2, 0.25) is 5.91 Å². The molecule has 2 atom stereocenters. The zero-order valence-electron chi connectivity index (χ0n) is 8.68. The molecule has 4 nitrogen and oxygen atoms in total. The Hall–Kier alpha value is -1.36. The lowest BCUT2D eigenvalue weighted by Crippen LogP contribution is -2.38. The Kier molecular flexibility index (Phi) is 2.21. The third kappa shape index (κ3) is 1.43. The molecule has 2 aliphatic rings. The van der Waals surface area contributed by atoms with Gasteiger partial charge in [-0.05, 0) is 17.9 Å². The van der Waals surface area contributed by atoms with Gasteiger partial charge in [-0.1, -0.05) is 0 Å². The number of hydrogen-bond donors (Lipinski definition) is 1. The van der Waals surface area contributed by atoms with Gasteiger partial charge in [0.15, 0.2) is 0 Å². The normalized spacial score (nSPS) is 28.0. The molecule has 0 spiro atoms. The van der Waals surface area contributed by atoms with E-state index in [-0.39, 0.29) is 23.9 Å². The van der Waals surface area contributed by atoms with E-state index in [0.29, 0.717) is 6.42 Å². The van der Waals surface area contributed by atoms with E-state index in [0.717, 1.165) is 18.5 Å². The van der Waals surface area contributed by atoms with Crippen LogP contribution in [0.1, 0.15) is 23.2 Å². The summed E-state index contributed by atoms with van der Waals surface area (Å²) in [6.07, 6.45) is 1.34. The fourth-order valence-corrected chi connectivity index (χ4v) is 3.16. The Morgan fingerprint density at radius 2 is 2.44 bits per heavy atom. The van der Waals surface area contributed by atoms with Crippen molar-refractivity contribution < 1.29 is 9.59 Å². The quantitative estimate of drug-likeness (QED) is 0.786. The Bertz CT molecular complexity index is 429. The van der Waals surface area contributed by atoms with Gasteiger partial charge >= 0.3 is 0 Å². The molecule has 2 fully saturated rings. The monoisotopic (exact) mass is 236 g/mol. The highest BCUT2D eigenvalue weighted by Crippen LogP contribution is 2.27. The zero-order valence-corrected chi connectivity index (χ0v) is 9.50. The second-order valence-electron chi connectivity index (χ2n) is 4.24. The van der Waals surface area contributed by atoms with Crippen LogP contribution in [-0.4, -0.2) is 35.3 Å². The number of thiophene rings is 1. The lowest BCUT2D eigenvalue weighted by molar-refractivity contribution is -0.119. The molecular weight excluding hydrogens is 224 g/mol. The lowest BCUT2D eigenvalue weighted by Gasteiger charge is -2.21. The number of likely N-dealkylation sites (tertiary alicyclic amines) is 1. The van der Waals surface area contributed by atoms with E-state index in [1.54, 1.807) is 0 Å². The molecule has 2 amide bonds. The van der Waals surface area contributed by atoms with E-state index in [9.17, 15) is 9.59 Å². The summed E-state index contributed by atoms with van der Waals surface area (Å²) in [5.74, 6) is 0.128. The van der Waals surface area contributed by atoms with Crippen molar-refractivity contribution in [1.82, 2.24) is 10.2 Å². The molecule has 1 N–H and O–H groups in total. The highest BCUT2D eigenvalue weighted by molar-refractivity contribution is 7.08. The van der Waals surface area contributed by atoms with Crippen molar-refractivity contribution in [2.45, 2.75) is 24.9 Å². The van der Waals surface area contributed by atoms with Gasteiger partial charge in [-0.3, -0.25) is 9.59 Å². The van der Waals surface area contributed by atoms with Gasteiger partial charge in [-0.15, -0.1) is 0 Å². The number of nitrogens with one attached hydrogen (secondary N) is 1. The maximum atomic E-state index is 12.2. The first kappa shape index (κ1) is 9.84. The molecule has 1 aromatic heterocycles. The van der Waals surface area contributed by atoms with E-state index in [4.69, 9.17) is 0 Å². The first-order valence-electron chi connectivity index (χ1n) is 5.38. The van der Waals surface area contributed by atoms with Gasteiger partial charge in [0, 0.05) is 18.3 Å². The standard InChI is InChI=1S/C11H12N2O2S/c14-10-5-9-8(12-10)1-3-13(9)11(15)7-2-4-16-6-7/h2,4,6,8-9H,1,3,5H2,(H,12,14)/t8-,9-/m0/s1. The van der Waals surface area contributed by atoms with Crippen molar-refractivity contribution in [1.29, 1.82) is 0 Å². The number of nitrogens with zero attached hydrogens (tertiary/aromatic N) is 1. The molecule has 2 aliphatic heterocycles. The minimum absolute atomic E-state index is 0.0604. The van der Waals surface area contributed by atoms with Crippen LogP contribution in [0.4, 0.5) is 0 Å². The molecule has 16 heavy (non-hydrogen) atoms. The summed E-state index contributed by atoms with van der Waals surface area (Å²) >= 11 is 1.52. The summed E-state index contributed by atoms with van der Waals surface area (Å²) in [6.45, 7) is 0.754. The van der Waals surface area contributed by atoms with E-state index in [1.807, 2.05) is 21.7 Å². The molecule has 0 saturated carbocycles. The molecule has 0 radical (unpaired) electrons. The maximum Gasteiger partial charge on any atom is 0.255 e. The fraction of sp³-hybridized carbons (Fsp3) is 0.455. The Balaban J connectivity index is 1.81. The van der Waals surface area contributed by atoms with Crippen LogP contribution in [0, 0.1) is 0 Å². The smallest absolute Gasteiger partial charge is 0.255 e. The van der Waals surface area contributed by atoms with Gasteiger partial charge in [-0.2, -0.15) is 11.3 Å². The number of amides is 2. The van der Waals surface area contributed by atoms with Crippen molar-refractivity contribution >= 4 is 23.2 Å². The van der Waals surface area contributed by atoms with Gasteiger partial charge in [0.1, 0.15) is 0 Å².